The van der Waals surface area contributed by atoms with Crippen molar-refractivity contribution in [3.63, 3.8) is 0 Å². The number of rotatable bonds is 3. The summed E-state index contributed by atoms with van der Waals surface area (Å²) in [4.78, 5) is 14.5. The number of hydrogen-bond acceptors (Lipinski definition) is 5. The molecular weight excluding hydrogens is 360 g/mol. The van der Waals surface area contributed by atoms with E-state index in [0.29, 0.717) is 27.7 Å². The predicted molar refractivity (Wildman–Crippen MR) is 103 cm³/mol. The van der Waals surface area contributed by atoms with Crippen LogP contribution in [0.5, 0.6) is 5.75 Å². The lowest BCUT2D eigenvalue weighted by Gasteiger charge is -2.38. The molecule has 0 bridgehead atoms. The first kappa shape index (κ1) is 17.7. The maximum Gasteiger partial charge on any atom is 0.231 e. The first-order valence-corrected chi connectivity index (χ1v) is 9.59. The number of thioether (sulfide) groups is 1. The summed E-state index contributed by atoms with van der Waals surface area (Å²) in [6, 6.07) is 18.8. The van der Waals surface area contributed by atoms with Crippen LogP contribution >= 0.6 is 11.8 Å². The van der Waals surface area contributed by atoms with Gasteiger partial charge in [0.05, 0.1) is 29.5 Å². The fourth-order valence-electron chi connectivity index (χ4n) is 3.76. The van der Waals surface area contributed by atoms with Gasteiger partial charge in [0.25, 0.3) is 0 Å². The van der Waals surface area contributed by atoms with Crippen LogP contribution in [0, 0.1) is 11.3 Å². The Bertz CT molecular complexity index is 967. The van der Waals surface area contributed by atoms with Crippen LogP contribution in [-0.4, -0.2) is 28.8 Å². The molecule has 2 atom stereocenters. The molecule has 2 heterocycles. The number of hydrogen-bond donors (Lipinski definition) is 1. The van der Waals surface area contributed by atoms with E-state index in [1.807, 2.05) is 42.5 Å². The van der Waals surface area contributed by atoms with Crippen LogP contribution in [0.4, 0.5) is 0 Å². The lowest BCUT2D eigenvalue weighted by Crippen LogP contribution is -2.48. The monoisotopic (exact) mass is 378 g/mol. The summed E-state index contributed by atoms with van der Waals surface area (Å²) in [7, 11) is 1.58. The van der Waals surface area contributed by atoms with Crippen LogP contribution in [-0.2, 0) is 10.5 Å². The molecule has 0 spiro atoms. The van der Waals surface area contributed by atoms with E-state index in [9.17, 15) is 15.2 Å². The van der Waals surface area contributed by atoms with Gasteiger partial charge in [0.15, 0.2) is 5.72 Å². The number of amides is 1. The first-order chi connectivity index (χ1) is 13.1. The van der Waals surface area contributed by atoms with Crippen molar-refractivity contribution in [3.8, 4) is 11.8 Å². The molecule has 0 aliphatic carbocycles. The van der Waals surface area contributed by atoms with E-state index in [2.05, 4.69) is 6.07 Å². The third-order valence-electron chi connectivity index (χ3n) is 5.06. The van der Waals surface area contributed by atoms with Crippen molar-refractivity contribution in [1.82, 2.24) is 4.90 Å². The van der Waals surface area contributed by atoms with Crippen LogP contribution in [0.3, 0.4) is 0 Å². The minimum absolute atomic E-state index is 0.114. The van der Waals surface area contributed by atoms with Gasteiger partial charge < -0.3 is 9.84 Å². The number of benzene rings is 2. The molecule has 136 valence electrons. The summed E-state index contributed by atoms with van der Waals surface area (Å²) in [5, 5.41) is 21.7. The van der Waals surface area contributed by atoms with Crippen LogP contribution in [0.2, 0.25) is 0 Å². The Morgan fingerprint density at radius 3 is 2.63 bits per heavy atom. The minimum Gasteiger partial charge on any atom is -0.496 e. The Morgan fingerprint density at radius 2 is 1.93 bits per heavy atom. The van der Waals surface area contributed by atoms with Gasteiger partial charge >= 0.3 is 0 Å². The number of para-hydroxylation sites is 1. The highest BCUT2D eigenvalue weighted by atomic mass is 32.2. The Balaban J connectivity index is 1.84. The smallest absolute Gasteiger partial charge is 0.231 e. The third-order valence-corrected chi connectivity index (χ3v) is 6.28. The summed E-state index contributed by atoms with van der Waals surface area (Å²) < 4.78 is 5.44. The lowest BCUT2D eigenvalue weighted by molar-refractivity contribution is -0.149. The lowest BCUT2D eigenvalue weighted by atomic mass is 9.85. The number of carbonyl (C=O) groups excluding carboxylic acids is 1. The fraction of sp³-hybridized carbons (Fsp3) is 0.238. The predicted octanol–water partition coefficient (Wildman–Crippen LogP) is 3.34. The summed E-state index contributed by atoms with van der Waals surface area (Å²) in [5.41, 5.74) is 0.518. The quantitative estimate of drug-likeness (QED) is 0.887. The van der Waals surface area contributed by atoms with Gasteiger partial charge in [-0.2, -0.15) is 5.26 Å². The maximum absolute atomic E-state index is 13.1. The van der Waals surface area contributed by atoms with E-state index in [-0.39, 0.29) is 18.2 Å². The van der Waals surface area contributed by atoms with Gasteiger partial charge in [-0.05, 0) is 6.07 Å². The van der Waals surface area contributed by atoms with Gasteiger partial charge in [0, 0.05) is 23.5 Å². The third kappa shape index (κ3) is 2.71. The second-order valence-corrected chi connectivity index (χ2v) is 7.49. The first-order valence-electron chi connectivity index (χ1n) is 8.61. The highest BCUT2D eigenvalue weighted by Crippen LogP contribution is 2.52. The van der Waals surface area contributed by atoms with Crippen LogP contribution in [0.1, 0.15) is 23.5 Å². The van der Waals surface area contributed by atoms with Crippen molar-refractivity contribution in [3.05, 3.63) is 76.3 Å². The molecule has 1 N–H and O–H groups in total. The molecule has 0 unspecified atom stereocenters. The summed E-state index contributed by atoms with van der Waals surface area (Å²) >= 11 is 1.35. The average molecular weight is 378 g/mol. The normalized spacial score (nSPS) is 24.6. The Labute approximate surface area is 161 Å². The van der Waals surface area contributed by atoms with Gasteiger partial charge in [0.2, 0.25) is 5.91 Å². The summed E-state index contributed by atoms with van der Waals surface area (Å²) in [6.45, 7) is 0. The van der Waals surface area contributed by atoms with Crippen LogP contribution < -0.4 is 4.74 Å². The molecule has 2 aromatic carbocycles. The summed E-state index contributed by atoms with van der Waals surface area (Å²) in [5.74, 6) is 0.368. The molecule has 0 radical (unpaired) electrons. The number of nitriles is 1. The molecule has 4 rings (SSSR count). The number of allylic oxidation sites excluding steroid dienone is 1. The van der Waals surface area contributed by atoms with Crippen molar-refractivity contribution in [2.24, 2.45) is 0 Å². The average Bonchev–Trinajstić information content (AvgIpc) is 3.08. The number of methoxy groups -OCH3 is 1. The molecule has 1 fully saturated rings. The molecule has 1 amide bonds. The van der Waals surface area contributed by atoms with E-state index in [4.69, 9.17) is 4.74 Å². The highest BCUT2D eigenvalue weighted by Gasteiger charge is 2.52. The molecule has 5 nitrogen and oxygen atoms in total. The Kier molecular flexibility index (Phi) is 4.42. The van der Waals surface area contributed by atoms with Crippen molar-refractivity contribution in [2.45, 2.75) is 18.1 Å². The molecule has 0 saturated carbocycles. The Hall–Kier alpha value is -2.75. The number of ether oxygens (including phenoxy) is 1. The number of nitrogens with zero attached hydrogens (tertiary/aromatic N) is 2. The van der Waals surface area contributed by atoms with Crippen LogP contribution in [0.15, 0.2) is 65.2 Å². The van der Waals surface area contributed by atoms with Gasteiger partial charge in [-0.25, -0.2) is 0 Å². The standard InChI is InChI=1S/C21H18N2O3S/c1-26-18-10-6-5-9-15(18)16-11-19(24)23-20(17(16)12-22)27-13-21(23,25)14-7-3-2-4-8-14/h2-10,16,25H,11,13H2,1H3/t16-,21+/m0/s1. The van der Waals surface area contributed by atoms with Crippen LogP contribution in [0.25, 0.3) is 0 Å². The molecular formula is C21H18N2O3S. The van der Waals surface area contributed by atoms with Gasteiger partial charge in [-0.15, -0.1) is 11.8 Å². The SMILES string of the molecule is COc1ccccc1[C@@H]1CC(=O)N2C(=C1C#N)SC[C@@]2(O)c1ccccc1. The van der Waals surface area contributed by atoms with Crippen molar-refractivity contribution in [2.75, 3.05) is 12.9 Å². The Morgan fingerprint density at radius 1 is 1.22 bits per heavy atom. The largest absolute Gasteiger partial charge is 0.496 e. The van der Waals surface area contributed by atoms with E-state index in [0.717, 1.165) is 5.56 Å². The molecule has 1 saturated heterocycles. The van der Waals surface area contributed by atoms with E-state index < -0.39 is 5.72 Å². The molecule has 2 aliphatic heterocycles. The topological polar surface area (TPSA) is 73.6 Å². The second-order valence-electron chi connectivity index (χ2n) is 6.53. The zero-order chi connectivity index (χ0) is 19.0. The zero-order valence-electron chi connectivity index (χ0n) is 14.8. The zero-order valence-corrected chi connectivity index (χ0v) is 15.6. The van der Waals surface area contributed by atoms with Gasteiger partial charge in [0.1, 0.15) is 5.75 Å². The van der Waals surface area contributed by atoms with E-state index in [1.54, 1.807) is 19.2 Å². The van der Waals surface area contributed by atoms with Gasteiger partial charge in [-0.3, -0.25) is 9.69 Å². The minimum atomic E-state index is -1.44. The molecule has 27 heavy (non-hydrogen) atoms. The number of fused-ring (bicyclic) bond motifs is 1. The van der Waals surface area contributed by atoms with E-state index >= 15 is 0 Å². The maximum atomic E-state index is 13.1. The fourth-order valence-corrected chi connectivity index (χ4v) is 5.12. The van der Waals surface area contributed by atoms with E-state index in [1.165, 1.54) is 16.7 Å². The van der Waals surface area contributed by atoms with Crippen molar-refractivity contribution in [1.29, 1.82) is 5.26 Å². The second kappa shape index (κ2) is 6.76. The molecule has 2 aliphatic rings. The van der Waals surface area contributed by atoms with Gasteiger partial charge in [-0.1, -0.05) is 48.5 Å². The molecule has 2 aromatic rings. The molecule has 0 aromatic heterocycles. The number of aliphatic hydroxyl groups is 1. The highest BCUT2D eigenvalue weighted by molar-refractivity contribution is 8.03. The summed E-state index contributed by atoms with van der Waals surface area (Å²) in [6.07, 6.45) is 0.114. The van der Waals surface area contributed by atoms with Crippen molar-refractivity contribution >= 4 is 17.7 Å². The molecule has 6 heteroatoms. The number of carbonyl (C=O) groups is 1. The van der Waals surface area contributed by atoms with Crippen molar-refractivity contribution < 1.29 is 14.6 Å².